The molecule has 1 saturated heterocycles. The van der Waals surface area contributed by atoms with E-state index in [4.69, 9.17) is 0 Å². The Bertz CT molecular complexity index is 1090. The van der Waals surface area contributed by atoms with Crippen LogP contribution in [0.4, 0.5) is 0 Å². The fourth-order valence-corrected chi connectivity index (χ4v) is 4.97. The Labute approximate surface area is 174 Å². The van der Waals surface area contributed by atoms with Gasteiger partial charge >= 0.3 is 0 Å². The summed E-state index contributed by atoms with van der Waals surface area (Å²) in [5, 5.41) is 23.8. The van der Waals surface area contributed by atoms with Crippen LogP contribution >= 0.6 is 0 Å². The maximum Gasteiger partial charge on any atom is 0.253 e. The molecule has 8 heteroatoms. The van der Waals surface area contributed by atoms with E-state index in [0.29, 0.717) is 31.5 Å². The van der Waals surface area contributed by atoms with Crippen LogP contribution in [0.1, 0.15) is 67.6 Å². The first kappa shape index (κ1) is 19.4. The molecule has 0 radical (unpaired) electrons. The highest BCUT2D eigenvalue weighted by Gasteiger charge is 2.34. The summed E-state index contributed by atoms with van der Waals surface area (Å²) in [4.78, 5) is 18.5. The van der Waals surface area contributed by atoms with Gasteiger partial charge in [-0.1, -0.05) is 25.0 Å². The van der Waals surface area contributed by atoms with E-state index in [9.17, 15) is 9.90 Å². The molecule has 158 valence electrons. The number of hydrogen-bond donors (Lipinski definition) is 2. The third-order valence-electron chi connectivity index (χ3n) is 6.62. The number of piperidine rings is 1. The first-order chi connectivity index (χ1) is 14.6. The minimum Gasteiger partial charge on any atom is -0.393 e. The molecule has 1 saturated carbocycles. The van der Waals surface area contributed by atoms with E-state index in [1.54, 1.807) is 0 Å². The van der Waals surface area contributed by atoms with Gasteiger partial charge in [0.2, 0.25) is 0 Å². The molecule has 1 aromatic carbocycles. The number of pyridine rings is 1. The Kier molecular flexibility index (Phi) is 5.12. The Balaban J connectivity index is 1.63. The van der Waals surface area contributed by atoms with E-state index in [0.717, 1.165) is 35.1 Å². The molecular weight excluding hydrogens is 380 g/mol. The molecule has 30 heavy (non-hydrogen) atoms. The van der Waals surface area contributed by atoms with E-state index in [1.165, 1.54) is 12.8 Å². The largest absolute Gasteiger partial charge is 0.393 e. The predicted molar refractivity (Wildman–Crippen MR) is 113 cm³/mol. The first-order valence-corrected chi connectivity index (χ1v) is 10.9. The van der Waals surface area contributed by atoms with Crippen molar-refractivity contribution in [3.8, 4) is 0 Å². The van der Waals surface area contributed by atoms with Gasteiger partial charge in [0.25, 0.3) is 5.56 Å². The summed E-state index contributed by atoms with van der Waals surface area (Å²) < 4.78 is 1.95. The van der Waals surface area contributed by atoms with Gasteiger partial charge in [-0.05, 0) is 66.1 Å². The van der Waals surface area contributed by atoms with Gasteiger partial charge < -0.3 is 10.1 Å². The van der Waals surface area contributed by atoms with E-state index in [1.807, 2.05) is 29.8 Å². The second kappa shape index (κ2) is 7.92. The molecule has 0 spiro atoms. The molecule has 3 heterocycles. The van der Waals surface area contributed by atoms with Gasteiger partial charge in [-0.25, -0.2) is 4.68 Å². The van der Waals surface area contributed by atoms with Crippen LogP contribution in [-0.2, 0) is 0 Å². The fourth-order valence-electron chi connectivity index (χ4n) is 4.97. The van der Waals surface area contributed by atoms with Gasteiger partial charge in [0.15, 0.2) is 5.82 Å². The monoisotopic (exact) mass is 408 g/mol. The highest BCUT2D eigenvalue weighted by molar-refractivity contribution is 5.79. The van der Waals surface area contributed by atoms with Gasteiger partial charge in [0, 0.05) is 24.2 Å². The third-order valence-corrected chi connectivity index (χ3v) is 6.62. The van der Waals surface area contributed by atoms with Gasteiger partial charge in [0.1, 0.15) is 6.04 Å². The molecule has 0 bridgehead atoms. The zero-order valence-electron chi connectivity index (χ0n) is 17.3. The van der Waals surface area contributed by atoms with Crippen molar-refractivity contribution < 1.29 is 5.11 Å². The van der Waals surface area contributed by atoms with Crippen LogP contribution < -0.4 is 5.56 Å². The van der Waals surface area contributed by atoms with Crippen molar-refractivity contribution in [3.05, 3.63) is 51.6 Å². The van der Waals surface area contributed by atoms with Gasteiger partial charge in [-0.3, -0.25) is 9.69 Å². The van der Waals surface area contributed by atoms with Gasteiger partial charge in [0.05, 0.1) is 12.1 Å². The van der Waals surface area contributed by atoms with Gasteiger partial charge in [-0.15, -0.1) is 5.10 Å². The number of benzene rings is 1. The van der Waals surface area contributed by atoms with E-state index < -0.39 is 0 Å². The summed E-state index contributed by atoms with van der Waals surface area (Å²) >= 11 is 0. The Morgan fingerprint density at radius 3 is 2.67 bits per heavy atom. The molecule has 8 nitrogen and oxygen atoms in total. The lowest BCUT2D eigenvalue weighted by Gasteiger charge is -2.35. The summed E-state index contributed by atoms with van der Waals surface area (Å²) in [6.45, 7) is 3.42. The molecule has 3 aromatic rings. The average molecular weight is 409 g/mol. The number of fused-ring (bicyclic) bond motifs is 1. The molecule has 1 aliphatic heterocycles. The summed E-state index contributed by atoms with van der Waals surface area (Å²) in [5.74, 6) is 0.732. The van der Waals surface area contributed by atoms with E-state index in [-0.39, 0.29) is 23.7 Å². The van der Waals surface area contributed by atoms with Crippen LogP contribution in [0.15, 0.2) is 29.1 Å². The molecule has 2 fully saturated rings. The molecule has 0 amide bonds. The number of aromatic amines is 1. The number of aliphatic hydroxyl groups excluding tert-OH is 1. The lowest BCUT2D eigenvalue weighted by Crippen LogP contribution is -2.42. The summed E-state index contributed by atoms with van der Waals surface area (Å²) in [7, 11) is 0. The van der Waals surface area contributed by atoms with E-state index in [2.05, 4.69) is 31.5 Å². The smallest absolute Gasteiger partial charge is 0.253 e. The number of aliphatic hydroxyl groups is 1. The van der Waals surface area contributed by atoms with Crippen molar-refractivity contribution in [2.45, 2.75) is 63.6 Å². The molecule has 2 aromatic heterocycles. The highest BCUT2D eigenvalue weighted by atomic mass is 16.3. The fraction of sp³-hybridized carbons (Fsp3) is 0.545. The average Bonchev–Trinajstić information content (AvgIpc) is 3.42. The zero-order valence-corrected chi connectivity index (χ0v) is 17.3. The summed E-state index contributed by atoms with van der Waals surface area (Å²) in [6.07, 6.45) is 5.58. The number of hydrogen-bond acceptors (Lipinski definition) is 6. The zero-order chi connectivity index (χ0) is 20.7. The number of tetrazole rings is 1. The lowest BCUT2D eigenvalue weighted by atomic mass is 9.99. The minimum atomic E-state index is -0.331. The standard InChI is InChI=1S/C22H28N6O2/c1-14-6-7-15-13-18(22(30)23-19(15)12-14)20(27-10-8-17(29)9-11-27)21-24-25-26-28(21)16-4-2-3-5-16/h6-7,12-13,16-17,20,29H,2-5,8-11H2,1H3,(H,23,30)/t20-/m0/s1. The van der Waals surface area contributed by atoms with Crippen LogP contribution in [0.2, 0.25) is 0 Å². The van der Waals surface area contributed by atoms with Crippen LogP contribution in [0.5, 0.6) is 0 Å². The first-order valence-electron chi connectivity index (χ1n) is 10.9. The second-order valence-electron chi connectivity index (χ2n) is 8.73. The van der Waals surface area contributed by atoms with Crippen LogP contribution in [0.25, 0.3) is 10.9 Å². The molecule has 2 aliphatic rings. The number of H-pyrrole nitrogens is 1. The summed E-state index contributed by atoms with van der Waals surface area (Å²) in [5.41, 5.74) is 2.51. The number of nitrogens with zero attached hydrogens (tertiary/aromatic N) is 5. The van der Waals surface area contributed by atoms with Crippen molar-refractivity contribution in [1.82, 2.24) is 30.1 Å². The Morgan fingerprint density at radius 1 is 1.13 bits per heavy atom. The van der Waals surface area contributed by atoms with Crippen molar-refractivity contribution in [3.63, 3.8) is 0 Å². The molecule has 1 atom stereocenters. The van der Waals surface area contributed by atoms with Gasteiger partial charge in [-0.2, -0.15) is 0 Å². The quantitative estimate of drug-likeness (QED) is 0.688. The predicted octanol–water partition coefficient (Wildman–Crippen LogP) is 2.48. The van der Waals surface area contributed by atoms with Crippen molar-refractivity contribution in [2.75, 3.05) is 13.1 Å². The Morgan fingerprint density at radius 2 is 1.90 bits per heavy atom. The molecule has 1 aliphatic carbocycles. The second-order valence-corrected chi connectivity index (χ2v) is 8.73. The number of rotatable bonds is 4. The minimum absolute atomic E-state index is 0.106. The Hall–Kier alpha value is -2.58. The lowest BCUT2D eigenvalue weighted by molar-refractivity contribution is 0.0654. The topological polar surface area (TPSA) is 99.9 Å². The van der Waals surface area contributed by atoms with Crippen molar-refractivity contribution in [1.29, 1.82) is 0 Å². The molecular formula is C22H28N6O2. The highest BCUT2D eigenvalue weighted by Crippen LogP contribution is 2.34. The molecule has 0 unspecified atom stereocenters. The van der Waals surface area contributed by atoms with E-state index >= 15 is 0 Å². The van der Waals surface area contributed by atoms with Crippen LogP contribution in [0, 0.1) is 6.92 Å². The maximum absolute atomic E-state index is 13.2. The maximum atomic E-state index is 13.2. The normalized spacial score (nSPS) is 20.2. The number of nitrogens with one attached hydrogen (secondary N) is 1. The number of likely N-dealkylation sites (tertiary alicyclic amines) is 1. The number of aromatic nitrogens is 5. The molecule has 2 N–H and O–H groups in total. The van der Waals surface area contributed by atoms with Crippen LogP contribution in [-0.4, -0.2) is 54.4 Å². The number of aryl methyl sites for hydroxylation is 1. The van der Waals surface area contributed by atoms with Crippen molar-refractivity contribution in [2.24, 2.45) is 0 Å². The van der Waals surface area contributed by atoms with Crippen LogP contribution in [0.3, 0.4) is 0 Å². The third kappa shape index (κ3) is 3.54. The molecule has 5 rings (SSSR count). The summed E-state index contributed by atoms with van der Waals surface area (Å²) in [6, 6.07) is 8.03. The van der Waals surface area contributed by atoms with Crippen molar-refractivity contribution >= 4 is 10.9 Å². The SMILES string of the molecule is Cc1ccc2cc([C@@H](c3nnnn3C3CCCC3)N3CCC(O)CC3)c(=O)[nH]c2c1.